The lowest BCUT2D eigenvalue weighted by Gasteiger charge is -2.11. The Balaban J connectivity index is 1.65. The van der Waals surface area contributed by atoms with Crippen LogP contribution in [0.25, 0.3) is 17.1 Å². The fourth-order valence-electron chi connectivity index (χ4n) is 2.83. The lowest BCUT2D eigenvalue weighted by molar-refractivity contribution is 0.102. The number of benzene rings is 2. The van der Waals surface area contributed by atoms with Gasteiger partial charge >= 0.3 is 0 Å². The number of amides is 1. The molecule has 2 aromatic heterocycles. The SMILES string of the molecule is Cc1ccc(-c2nnco2)cc1NC(=O)c1ccc(=O)n(-c2cccc(Cl)c2)c1. The van der Waals surface area contributed by atoms with Gasteiger partial charge in [0.25, 0.3) is 11.5 Å². The van der Waals surface area contributed by atoms with Gasteiger partial charge in [-0.3, -0.25) is 14.2 Å². The van der Waals surface area contributed by atoms with Gasteiger partial charge in [-0.15, -0.1) is 10.2 Å². The molecule has 0 spiro atoms. The Labute approximate surface area is 170 Å². The third-order valence-electron chi connectivity index (χ3n) is 4.35. The number of pyridine rings is 1. The van der Waals surface area contributed by atoms with Gasteiger partial charge in [0.05, 0.1) is 11.3 Å². The lowest BCUT2D eigenvalue weighted by Crippen LogP contribution is -2.21. The van der Waals surface area contributed by atoms with E-state index in [1.165, 1.54) is 29.3 Å². The van der Waals surface area contributed by atoms with E-state index < -0.39 is 0 Å². The maximum absolute atomic E-state index is 12.8. The molecule has 0 fully saturated rings. The third kappa shape index (κ3) is 3.95. The maximum atomic E-state index is 12.8. The number of rotatable bonds is 4. The van der Waals surface area contributed by atoms with Gasteiger partial charge in [-0.25, -0.2) is 0 Å². The molecule has 8 heteroatoms. The molecule has 1 N–H and O–H groups in total. The van der Waals surface area contributed by atoms with Crippen molar-refractivity contribution in [2.45, 2.75) is 6.92 Å². The van der Waals surface area contributed by atoms with Gasteiger partial charge in [0.1, 0.15) is 0 Å². The summed E-state index contributed by atoms with van der Waals surface area (Å²) in [5.74, 6) is 0.00145. The summed E-state index contributed by atoms with van der Waals surface area (Å²) in [6.45, 7) is 1.88. The molecular weight excluding hydrogens is 392 g/mol. The first kappa shape index (κ1) is 18.6. The van der Waals surface area contributed by atoms with Crippen LogP contribution in [0.2, 0.25) is 5.02 Å². The van der Waals surface area contributed by atoms with E-state index in [-0.39, 0.29) is 11.5 Å². The zero-order chi connectivity index (χ0) is 20.4. The zero-order valence-corrected chi connectivity index (χ0v) is 16.1. The largest absolute Gasteiger partial charge is 0.423 e. The molecule has 4 rings (SSSR count). The maximum Gasteiger partial charge on any atom is 0.257 e. The molecular formula is C21H15ClN4O3. The molecule has 0 bridgehead atoms. The number of aryl methyl sites for hydroxylation is 1. The molecule has 0 radical (unpaired) electrons. The van der Waals surface area contributed by atoms with E-state index >= 15 is 0 Å². The Kier molecular flexibility index (Phi) is 4.97. The first-order valence-electron chi connectivity index (χ1n) is 8.68. The molecule has 0 aliphatic heterocycles. The van der Waals surface area contributed by atoms with Crippen molar-refractivity contribution in [3.63, 3.8) is 0 Å². The average molecular weight is 407 g/mol. The van der Waals surface area contributed by atoms with E-state index in [4.69, 9.17) is 16.0 Å². The van der Waals surface area contributed by atoms with Crippen LogP contribution in [0.1, 0.15) is 15.9 Å². The van der Waals surface area contributed by atoms with Crippen LogP contribution in [0.4, 0.5) is 5.69 Å². The van der Waals surface area contributed by atoms with E-state index in [0.29, 0.717) is 33.4 Å². The van der Waals surface area contributed by atoms with Gasteiger partial charge in [-0.2, -0.15) is 0 Å². The van der Waals surface area contributed by atoms with Crippen LogP contribution in [0.5, 0.6) is 0 Å². The van der Waals surface area contributed by atoms with Crippen LogP contribution < -0.4 is 10.9 Å². The lowest BCUT2D eigenvalue weighted by atomic mass is 10.1. The summed E-state index contributed by atoms with van der Waals surface area (Å²) >= 11 is 6.02. The molecule has 0 saturated heterocycles. The van der Waals surface area contributed by atoms with E-state index in [1.54, 1.807) is 30.3 Å². The summed E-state index contributed by atoms with van der Waals surface area (Å²) in [7, 11) is 0. The number of nitrogens with one attached hydrogen (secondary N) is 1. The second kappa shape index (κ2) is 7.73. The van der Waals surface area contributed by atoms with Gasteiger partial charge in [0.15, 0.2) is 0 Å². The molecule has 0 unspecified atom stereocenters. The molecule has 29 heavy (non-hydrogen) atoms. The molecule has 0 aliphatic carbocycles. The summed E-state index contributed by atoms with van der Waals surface area (Å²) in [6, 6.07) is 15.1. The number of anilines is 1. The van der Waals surface area contributed by atoms with Crippen molar-refractivity contribution in [3.8, 4) is 17.1 Å². The minimum absolute atomic E-state index is 0.265. The van der Waals surface area contributed by atoms with Gasteiger partial charge in [0.2, 0.25) is 12.3 Å². The number of aromatic nitrogens is 3. The second-order valence-electron chi connectivity index (χ2n) is 6.33. The van der Waals surface area contributed by atoms with Crippen molar-refractivity contribution in [1.29, 1.82) is 0 Å². The highest BCUT2D eigenvalue weighted by Crippen LogP contribution is 2.24. The minimum Gasteiger partial charge on any atom is -0.423 e. The molecule has 2 aromatic carbocycles. The van der Waals surface area contributed by atoms with Gasteiger partial charge in [-0.05, 0) is 48.9 Å². The Morgan fingerprint density at radius 2 is 2.00 bits per heavy atom. The fraction of sp³-hybridized carbons (Fsp3) is 0.0476. The average Bonchev–Trinajstić information content (AvgIpc) is 3.25. The standard InChI is InChI=1S/C21H15ClN4O3/c1-13-5-6-14(21-25-23-12-29-21)9-18(13)24-20(28)15-7-8-19(27)26(11-15)17-4-2-3-16(22)10-17/h2-12H,1H3,(H,24,28). The van der Waals surface area contributed by atoms with Crippen molar-refractivity contribution >= 4 is 23.2 Å². The topological polar surface area (TPSA) is 90.0 Å². The summed E-state index contributed by atoms with van der Waals surface area (Å²) in [6.07, 6.45) is 2.73. The molecule has 2 heterocycles. The highest BCUT2D eigenvalue weighted by atomic mass is 35.5. The van der Waals surface area contributed by atoms with Crippen molar-refractivity contribution in [2.24, 2.45) is 0 Å². The molecule has 144 valence electrons. The van der Waals surface area contributed by atoms with Crippen LogP contribution >= 0.6 is 11.6 Å². The minimum atomic E-state index is -0.355. The molecule has 0 saturated carbocycles. The Morgan fingerprint density at radius 3 is 2.76 bits per heavy atom. The summed E-state index contributed by atoms with van der Waals surface area (Å²) in [5, 5.41) is 10.9. The van der Waals surface area contributed by atoms with E-state index in [9.17, 15) is 9.59 Å². The number of halogens is 1. The quantitative estimate of drug-likeness (QED) is 0.551. The third-order valence-corrected chi connectivity index (χ3v) is 4.59. The molecule has 1 amide bonds. The summed E-state index contributed by atoms with van der Waals surface area (Å²) in [4.78, 5) is 25.1. The first-order chi connectivity index (χ1) is 14.0. The van der Waals surface area contributed by atoms with Crippen LogP contribution in [0, 0.1) is 6.92 Å². The number of carbonyl (C=O) groups is 1. The van der Waals surface area contributed by atoms with Crippen LogP contribution in [-0.4, -0.2) is 20.7 Å². The number of hydrogen-bond donors (Lipinski definition) is 1. The summed E-state index contributed by atoms with van der Waals surface area (Å²) < 4.78 is 6.59. The Morgan fingerprint density at radius 1 is 1.14 bits per heavy atom. The number of carbonyl (C=O) groups excluding carboxylic acids is 1. The van der Waals surface area contributed by atoms with Gasteiger partial charge in [-0.1, -0.05) is 23.7 Å². The van der Waals surface area contributed by atoms with Crippen molar-refractivity contribution in [3.05, 3.63) is 93.7 Å². The fourth-order valence-corrected chi connectivity index (χ4v) is 3.02. The van der Waals surface area contributed by atoms with Gasteiger partial charge in [0, 0.05) is 28.5 Å². The Bertz CT molecular complexity index is 1250. The predicted octanol–water partition coefficient (Wildman–Crippen LogP) is 4.10. The number of nitrogens with zero attached hydrogens (tertiary/aromatic N) is 3. The monoisotopic (exact) mass is 406 g/mol. The van der Waals surface area contributed by atoms with Crippen molar-refractivity contribution < 1.29 is 9.21 Å². The van der Waals surface area contributed by atoms with E-state index in [0.717, 1.165) is 5.56 Å². The first-order valence-corrected chi connectivity index (χ1v) is 9.06. The molecule has 7 nitrogen and oxygen atoms in total. The normalized spacial score (nSPS) is 10.7. The molecule has 0 aliphatic rings. The van der Waals surface area contributed by atoms with Crippen LogP contribution in [-0.2, 0) is 0 Å². The Hall–Kier alpha value is -3.71. The summed E-state index contributed by atoms with van der Waals surface area (Å²) in [5.41, 5.74) is 2.79. The van der Waals surface area contributed by atoms with Gasteiger partial charge < -0.3 is 9.73 Å². The predicted molar refractivity (Wildman–Crippen MR) is 109 cm³/mol. The van der Waals surface area contributed by atoms with Crippen LogP contribution in [0.15, 0.2) is 76.4 Å². The zero-order valence-electron chi connectivity index (χ0n) is 15.3. The van der Waals surface area contributed by atoms with Crippen LogP contribution in [0.3, 0.4) is 0 Å². The van der Waals surface area contributed by atoms with Crippen molar-refractivity contribution in [2.75, 3.05) is 5.32 Å². The van der Waals surface area contributed by atoms with E-state index in [1.807, 2.05) is 19.1 Å². The molecule has 0 atom stereocenters. The van der Waals surface area contributed by atoms with E-state index in [2.05, 4.69) is 15.5 Å². The smallest absolute Gasteiger partial charge is 0.257 e. The highest BCUT2D eigenvalue weighted by Gasteiger charge is 2.13. The second-order valence-corrected chi connectivity index (χ2v) is 6.77. The van der Waals surface area contributed by atoms with Crippen molar-refractivity contribution in [1.82, 2.24) is 14.8 Å². The number of hydrogen-bond acceptors (Lipinski definition) is 5. The molecule has 4 aromatic rings. The highest BCUT2D eigenvalue weighted by molar-refractivity contribution is 6.30.